The van der Waals surface area contributed by atoms with Gasteiger partial charge in [-0.25, -0.2) is 0 Å². The van der Waals surface area contributed by atoms with E-state index in [4.69, 9.17) is 14.2 Å². The number of rotatable bonds is 7. The van der Waals surface area contributed by atoms with Crippen LogP contribution < -0.4 is 19.5 Å². The Labute approximate surface area is 126 Å². The largest absolute Gasteiger partial charge is 0.493 e. The van der Waals surface area contributed by atoms with Crippen molar-refractivity contribution in [3.8, 4) is 17.2 Å². The van der Waals surface area contributed by atoms with E-state index in [1.807, 2.05) is 6.92 Å². The quantitative estimate of drug-likeness (QED) is 0.840. The van der Waals surface area contributed by atoms with Crippen LogP contribution in [0.4, 0.5) is 0 Å². The molecule has 1 atom stereocenters. The number of ether oxygens (including phenoxy) is 3. The van der Waals surface area contributed by atoms with Gasteiger partial charge in [0.15, 0.2) is 11.5 Å². The van der Waals surface area contributed by atoms with Gasteiger partial charge in [0, 0.05) is 11.6 Å². The van der Waals surface area contributed by atoms with Gasteiger partial charge in [0.1, 0.15) is 0 Å². The molecule has 0 aliphatic carbocycles. The van der Waals surface area contributed by atoms with E-state index < -0.39 is 0 Å². The van der Waals surface area contributed by atoms with Crippen LogP contribution in [0.2, 0.25) is 0 Å². The van der Waals surface area contributed by atoms with Gasteiger partial charge in [-0.2, -0.15) is 0 Å². The van der Waals surface area contributed by atoms with Crippen molar-refractivity contribution < 1.29 is 19.0 Å². The fourth-order valence-corrected chi connectivity index (χ4v) is 2.29. The molecule has 118 valence electrons. The number of hydrogen-bond donors (Lipinski definition) is 1. The van der Waals surface area contributed by atoms with Gasteiger partial charge in [0.25, 0.3) is 5.91 Å². The standard InChI is InChI=1S/C16H25NO4/c1-10(2)7-11(3)17-16(18)12-8-13(19-4)15(21-6)14(9-12)20-5/h8-11H,7H2,1-6H3,(H,17,18). The van der Waals surface area contributed by atoms with Crippen molar-refractivity contribution in [1.82, 2.24) is 5.32 Å². The third kappa shape index (κ3) is 4.55. The second-order valence-corrected chi connectivity index (χ2v) is 5.42. The number of nitrogens with one attached hydrogen (secondary N) is 1. The Morgan fingerprint density at radius 3 is 1.95 bits per heavy atom. The predicted molar refractivity (Wildman–Crippen MR) is 82.5 cm³/mol. The molecular weight excluding hydrogens is 270 g/mol. The zero-order chi connectivity index (χ0) is 16.0. The lowest BCUT2D eigenvalue weighted by molar-refractivity contribution is 0.0935. The lowest BCUT2D eigenvalue weighted by Gasteiger charge is -2.17. The fraction of sp³-hybridized carbons (Fsp3) is 0.562. The molecule has 0 heterocycles. The maximum absolute atomic E-state index is 12.3. The average molecular weight is 295 g/mol. The van der Waals surface area contributed by atoms with Gasteiger partial charge in [-0.3, -0.25) is 4.79 Å². The Kier molecular flexibility index (Phi) is 6.34. The molecule has 21 heavy (non-hydrogen) atoms. The number of carbonyl (C=O) groups is 1. The summed E-state index contributed by atoms with van der Waals surface area (Å²) in [7, 11) is 4.59. The van der Waals surface area contributed by atoms with Gasteiger partial charge in [-0.05, 0) is 31.4 Å². The molecule has 5 heteroatoms. The zero-order valence-corrected chi connectivity index (χ0v) is 13.6. The summed E-state index contributed by atoms with van der Waals surface area (Å²) in [6.07, 6.45) is 0.927. The Hall–Kier alpha value is -1.91. The van der Waals surface area contributed by atoms with Gasteiger partial charge in [-0.1, -0.05) is 13.8 Å². The minimum absolute atomic E-state index is 0.108. The minimum Gasteiger partial charge on any atom is -0.493 e. The first-order chi connectivity index (χ1) is 9.92. The van der Waals surface area contributed by atoms with E-state index >= 15 is 0 Å². The molecule has 1 aromatic rings. The molecule has 0 aliphatic rings. The van der Waals surface area contributed by atoms with E-state index in [-0.39, 0.29) is 11.9 Å². The maximum Gasteiger partial charge on any atom is 0.251 e. The van der Waals surface area contributed by atoms with E-state index in [2.05, 4.69) is 19.2 Å². The van der Waals surface area contributed by atoms with Crippen LogP contribution in [0.1, 0.15) is 37.6 Å². The minimum atomic E-state index is -0.151. The molecule has 0 aromatic heterocycles. The van der Waals surface area contributed by atoms with Crippen LogP contribution in [-0.4, -0.2) is 33.3 Å². The average Bonchev–Trinajstić information content (AvgIpc) is 2.44. The van der Waals surface area contributed by atoms with Crippen LogP contribution in [0.3, 0.4) is 0 Å². The van der Waals surface area contributed by atoms with Crippen molar-refractivity contribution >= 4 is 5.91 Å². The van der Waals surface area contributed by atoms with Gasteiger partial charge in [0.2, 0.25) is 5.75 Å². The summed E-state index contributed by atoms with van der Waals surface area (Å²) in [5, 5.41) is 2.98. The highest BCUT2D eigenvalue weighted by Gasteiger charge is 2.18. The lowest BCUT2D eigenvalue weighted by atomic mass is 10.0. The molecule has 1 rings (SSSR count). The van der Waals surface area contributed by atoms with E-state index in [1.54, 1.807) is 12.1 Å². The lowest BCUT2D eigenvalue weighted by Crippen LogP contribution is -2.33. The number of carbonyl (C=O) groups excluding carboxylic acids is 1. The molecule has 0 aliphatic heterocycles. The topological polar surface area (TPSA) is 56.8 Å². The molecule has 0 saturated heterocycles. The molecule has 1 N–H and O–H groups in total. The van der Waals surface area contributed by atoms with Crippen LogP contribution in [0.15, 0.2) is 12.1 Å². The van der Waals surface area contributed by atoms with Crippen LogP contribution in [0, 0.1) is 5.92 Å². The summed E-state index contributed by atoms with van der Waals surface area (Å²) in [5.41, 5.74) is 0.486. The molecule has 1 amide bonds. The summed E-state index contributed by atoms with van der Waals surface area (Å²) in [5.74, 6) is 1.80. The van der Waals surface area contributed by atoms with Crippen molar-refractivity contribution in [3.63, 3.8) is 0 Å². The van der Waals surface area contributed by atoms with E-state index in [9.17, 15) is 4.79 Å². The van der Waals surface area contributed by atoms with Gasteiger partial charge >= 0.3 is 0 Å². The van der Waals surface area contributed by atoms with Crippen molar-refractivity contribution in [3.05, 3.63) is 17.7 Å². The molecule has 0 radical (unpaired) electrons. The first-order valence-corrected chi connectivity index (χ1v) is 7.03. The predicted octanol–water partition coefficient (Wildman–Crippen LogP) is 2.88. The SMILES string of the molecule is COc1cc(C(=O)NC(C)CC(C)C)cc(OC)c1OC. The molecule has 5 nitrogen and oxygen atoms in total. The third-order valence-corrected chi connectivity index (χ3v) is 3.13. The normalized spacial score (nSPS) is 12.0. The molecule has 0 spiro atoms. The highest BCUT2D eigenvalue weighted by Crippen LogP contribution is 2.38. The fourth-order valence-electron chi connectivity index (χ4n) is 2.29. The molecule has 1 unspecified atom stereocenters. The Balaban J connectivity index is 2.99. The summed E-state index contributed by atoms with van der Waals surface area (Å²) in [6.45, 7) is 6.25. The Morgan fingerprint density at radius 1 is 1.05 bits per heavy atom. The first kappa shape index (κ1) is 17.1. The van der Waals surface area contributed by atoms with Crippen molar-refractivity contribution in [2.24, 2.45) is 5.92 Å². The van der Waals surface area contributed by atoms with E-state index in [0.29, 0.717) is 28.7 Å². The number of hydrogen-bond acceptors (Lipinski definition) is 4. The second-order valence-electron chi connectivity index (χ2n) is 5.42. The number of benzene rings is 1. The van der Waals surface area contributed by atoms with Crippen molar-refractivity contribution in [2.75, 3.05) is 21.3 Å². The zero-order valence-electron chi connectivity index (χ0n) is 13.6. The van der Waals surface area contributed by atoms with Gasteiger partial charge in [0.05, 0.1) is 21.3 Å². The van der Waals surface area contributed by atoms with Crippen LogP contribution in [0.25, 0.3) is 0 Å². The smallest absolute Gasteiger partial charge is 0.251 e. The third-order valence-electron chi connectivity index (χ3n) is 3.13. The molecule has 0 fully saturated rings. The Morgan fingerprint density at radius 2 is 1.57 bits per heavy atom. The van der Waals surface area contributed by atoms with Crippen LogP contribution in [-0.2, 0) is 0 Å². The molecule has 0 saturated carbocycles. The molecule has 0 bridgehead atoms. The second kappa shape index (κ2) is 7.76. The highest BCUT2D eigenvalue weighted by molar-refractivity contribution is 5.95. The monoisotopic (exact) mass is 295 g/mol. The van der Waals surface area contributed by atoms with Gasteiger partial charge in [-0.15, -0.1) is 0 Å². The summed E-state index contributed by atoms with van der Waals surface area (Å²) in [4.78, 5) is 12.3. The number of methoxy groups -OCH3 is 3. The highest BCUT2D eigenvalue weighted by atomic mass is 16.5. The maximum atomic E-state index is 12.3. The number of amides is 1. The van der Waals surface area contributed by atoms with Crippen LogP contribution in [0.5, 0.6) is 17.2 Å². The molecular formula is C16H25NO4. The van der Waals surface area contributed by atoms with Crippen LogP contribution >= 0.6 is 0 Å². The van der Waals surface area contributed by atoms with Gasteiger partial charge < -0.3 is 19.5 Å². The summed E-state index contributed by atoms with van der Waals surface area (Å²) < 4.78 is 15.8. The Bertz CT molecular complexity index is 460. The summed E-state index contributed by atoms with van der Waals surface area (Å²) >= 11 is 0. The van der Waals surface area contributed by atoms with Crippen molar-refractivity contribution in [1.29, 1.82) is 0 Å². The molecule has 1 aromatic carbocycles. The van der Waals surface area contributed by atoms with E-state index in [0.717, 1.165) is 6.42 Å². The first-order valence-electron chi connectivity index (χ1n) is 7.03. The van der Waals surface area contributed by atoms with E-state index in [1.165, 1.54) is 21.3 Å². The summed E-state index contributed by atoms with van der Waals surface area (Å²) in [6, 6.07) is 3.41. The van der Waals surface area contributed by atoms with Crippen molar-refractivity contribution in [2.45, 2.75) is 33.2 Å².